The van der Waals surface area contributed by atoms with Crippen molar-refractivity contribution >= 4 is 39.7 Å². The summed E-state index contributed by atoms with van der Waals surface area (Å²) in [5, 5.41) is 4.09. The van der Waals surface area contributed by atoms with Gasteiger partial charge in [-0.3, -0.25) is 4.79 Å². The molecule has 1 aliphatic carbocycles. The Kier molecular flexibility index (Phi) is 5.83. The first-order valence-electron chi connectivity index (χ1n) is 13.7. The van der Waals surface area contributed by atoms with Gasteiger partial charge >= 0.3 is 0 Å². The first-order chi connectivity index (χ1) is 19.5. The average Bonchev–Trinajstić information content (AvgIpc) is 3.32. The number of carbonyl (C=O) groups excluding carboxylic acids is 1. The lowest BCUT2D eigenvalue weighted by Crippen LogP contribution is -2.14. The number of H-pyrrole nitrogens is 1. The number of hydrogen-bond acceptors (Lipinski definition) is 8. The van der Waals surface area contributed by atoms with Crippen molar-refractivity contribution in [2.24, 2.45) is 0 Å². The predicted octanol–water partition coefficient (Wildman–Crippen LogP) is 5.99. The summed E-state index contributed by atoms with van der Waals surface area (Å²) in [6, 6.07) is 11.6. The van der Waals surface area contributed by atoms with E-state index in [1.165, 1.54) is 0 Å². The van der Waals surface area contributed by atoms with Crippen LogP contribution in [0.15, 0.2) is 47.0 Å². The summed E-state index contributed by atoms with van der Waals surface area (Å²) in [5.41, 5.74) is 5.31. The third kappa shape index (κ3) is 4.39. The number of anilines is 2. The minimum Gasteiger partial charge on any atom is -0.495 e. The summed E-state index contributed by atoms with van der Waals surface area (Å²) < 4.78 is 17.9. The van der Waals surface area contributed by atoms with E-state index < -0.39 is 0 Å². The minimum absolute atomic E-state index is 0.000127. The highest BCUT2D eigenvalue weighted by molar-refractivity contribution is 5.99. The van der Waals surface area contributed by atoms with E-state index in [9.17, 15) is 4.79 Å². The molecular formula is C30H30N6O4. The van der Waals surface area contributed by atoms with Crippen molar-refractivity contribution in [3.8, 4) is 22.8 Å². The number of oxazole rings is 1. The second-order valence-electron chi connectivity index (χ2n) is 10.6. The van der Waals surface area contributed by atoms with Crippen LogP contribution in [0.25, 0.3) is 33.3 Å². The number of amides is 1. The Bertz CT molecular complexity index is 1750. The van der Waals surface area contributed by atoms with Crippen LogP contribution < -0.4 is 14.8 Å². The summed E-state index contributed by atoms with van der Waals surface area (Å²) in [5.74, 6) is 2.05. The minimum atomic E-state index is -0.000127. The lowest BCUT2D eigenvalue weighted by molar-refractivity contribution is 0.0876. The van der Waals surface area contributed by atoms with Crippen molar-refractivity contribution in [1.82, 2.24) is 24.8 Å². The molecule has 10 nitrogen and oxygen atoms in total. The highest BCUT2D eigenvalue weighted by atomic mass is 16.5. The van der Waals surface area contributed by atoms with Gasteiger partial charge in [0.25, 0.3) is 5.91 Å². The number of hydrogen-bond donors (Lipinski definition) is 2. The molecule has 2 N–H and O–H groups in total. The highest BCUT2D eigenvalue weighted by Gasteiger charge is 2.35. The van der Waals surface area contributed by atoms with Gasteiger partial charge in [0, 0.05) is 36.8 Å². The maximum Gasteiger partial charge on any atom is 0.254 e. The van der Waals surface area contributed by atoms with Gasteiger partial charge in [-0.1, -0.05) is 6.07 Å². The molecule has 1 amide bonds. The number of nitrogens with zero attached hydrogens (tertiary/aromatic N) is 4. The SMILES string of the molecule is COc1cc(C(=O)N2C[C@@H]2C)ccc1Nc1nc(OC2CCCC2)c2c(-c3ccc4nc(C)oc4c3)c[nH]c2n1. The van der Waals surface area contributed by atoms with Gasteiger partial charge in [-0.15, -0.1) is 0 Å². The van der Waals surface area contributed by atoms with Crippen molar-refractivity contribution in [1.29, 1.82) is 0 Å². The van der Waals surface area contributed by atoms with E-state index in [1.54, 1.807) is 19.2 Å². The zero-order valence-corrected chi connectivity index (χ0v) is 22.7. The number of fused-ring (bicyclic) bond motifs is 2. The zero-order chi connectivity index (χ0) is 27.4. The molecule has 0 bridgehead atoms. The Labute approximate surface area is 230 Å². The maximum atomic E-state index is 12.7. The number of aromatic nitrogens is 4. The first-order valence-corrected chi connectivity index (χ1v) is 13.7. The number of methoxy groups -OCH3 is 1. The quantitative estimate of drug-likeness (QED) is 0.243. The fraction of sp³-hybridized carbons (Fsp3) is 0.333. The maximum absolute atomic E-state index is 12.7. The number of carbonyl (C=O) groups is 1. The Morgan fingerprint density at radius 3 is 2.73 bits per heavy atom. The highest BCUT2D eigenvalue weighted by Crippen LogP contribution is 2.38. The summed E-state index contributed by atoms with van der Waals surface area (Å²) >= 11 is 0. The van der Waals surface area contributed by atoms with Crippen LogP contribution >= 0.6 is 0 Å². The lowest BCUT2D eigenvalue weighted by Gasteiger charge is -2.16. The van der Waals surface area contributed by atoms with Crippen LogP contribution in [0.3, 0.4) is 0 Å². The molecule has 1 atom stereocenters. The van der Waals surface area contributed by atoms with Gasteiger partial charge in [-0.25, -0.2) is 4.98 Å². The molecule has 5 aromatic rings. The topological polar surface area (TPSA) is 118 Å². The zero-order valence-electron chi connectivity index (χ0n) is 22.7. The van der Waals surface area contributed by atoms with Crippen molar-refractivity contribution in [3.63, 3.8) is 0 Å². The van der Waals surface area contributed by atoms with E-state index in [-0.39, 0.29) is 18.1 Å². The van der Waals surface area contributed by atoms with Crippen LogP contribution in [0.1, 0.15) is 48.9 Å². The molecule has 2 aromatic carbocycles. The Hall–Kier alpha value is -4.60. The molecule has 1 saturated carbocycles. The molecule has 2 aliphatic rings. The molecule has 1 saturated heterocycles. The van der Waals surface area contributed by atoms with E-state index in [4.69, 9.17) is 23.9 Å². The van der Waals surface area contributed by atoms with Crippen LogP contribution in [0.5, 0.6) is 11.6 Å². The standard InChI is InChI=1S/C30H30N6O4/c1-16-15-36(16)29(37)19-9-11-22(24(13-19)38-3)33-30-34-27-26(28(35-30)40-20-6-4-5-7-20)21(14-31-27)18-8-10-23-25(12-18)39-17(2)32-23/h8-14,16,20H,4-7,15H2,1-3H3,(H2,31,33,34,35)/t16-,36?/m0/s1. The number of aromatic amines is 1. The van der Waals surface area contributed by atoms with Gasteiger partial charge in [0.2, 0.25) is 11.8 Å². The average molecular weight is 539 g/mol. The van der Waals surface area contributed by atoms with E-state index in [2.05, 4.69) is 15.3 Å². The van der Waals surface area contributed by atoms with Gasteiger partial charge in [0.05, 0.1) is 18.2 Å². The van der Waals surface area contributed by atoms with Gasteiger partial charge in [-0.2, -0.15) is 9.97 Å². The van der Waals surface area contributed by atoms with E-state index in [1.807, 2.05) is 49.2 Å². The van der Waals surface area contributed by atoms with Crippen LogP contribution in [0.2, 0.25) is 0 Å². The summed E-state index contributed by atoms with van der Waals surface area (Å²) in [7, 11) is 1.58. The van der Waals surface area contributed by atoms with E-state index >= 15 is 0 Å². The van der Waals surface area contributed by atoms with Crippen molar-refractivity contribution in [2.45, 2.75) is 51.7 Å². The third-order valence-electron chi connectivity index (χ3n) is 7.70. The number of aryl methyl sites for hydroxylation is 1. The summed E-state index contributed by atoms with van der Waals surface area (Å²) in [4.78, 5) is 31.8. The van der Waals surface area contributed by atoms with Crippen LogP contribution in [-0.4, -0.2) is 56.5 Å². The van der Waals surface area contributed by atoms with Crippen LogP contribution in [-0.2, 0) is 0 Å². The van der Waals surface area contributed by atoms with Crippen molar-refractivity contribution < 1.29 is 18.7 Å². The smallest absolute Gasteiger partial charge is 0.254 e. The fourth-order valence-corrected chi connectivity index (χ4v) is 5.47. The van der Waals surface area contributed by atoms with Crippen molar-refractivity contribution in [2.75, 3.05) is 19.0 Å². The third-order valence-corrected chi connectivity index (χ3v) is 7.70. The molecule has 0 radical (unpaired) electrons. The number of rotatable bonds is 7. The molecule has 3 aromatic heterocycles. The van der Waals surface area contributed by atoms with Gasteiger partial charge in [0.15, 0.2) is 11.5 Å². The summed E-state index contributed by atoms with van der Waals surface area (Å²) in [6.07, 6.45) is 6.30. The molecule has 1 aliphatic heterocycles. The molecule has 204 valence electrons. The van der Waals surface area contributed by atoms with Gasteiger partial charge in [-0.05, 0) is 68.5 Å². The number of nitrogens with one attached hydrogen (secondary N) is 2. The first kappa shape index (κ1) is 24.4. The normalized spacial score (nSPS) is 17.1. The number of ether oxygens (including phenoxy) is 2. The second-order valence-corrected chi connectivity index (χ2v) is 10.6. The molecule has 40 heavy (non-hydrogen) atoms. The molecule has 10 heteroatoms. The van der Waals surface area contributed by atoms with E-state index in [0.29, 0.717) is 40.4 Å². The van der Waals surface area contributed by atoms with Gasteiger partial charge in [0.1, 0.15) is 23.0 Å². The Morgan fingerprint density at radius 1 is 1.12 bits per heavy atom. The Balaban J connectivity index is 1.27. The van der Waals surface area contributed by atoms with Gasteiger partial charge < -0.3 is 29.1 Å². The largest absolute Gasteiger partial charge is 0.495 e. The predicted molar refractivity (Wildman–Crippen MR) is 151 cm³/mol. The fourth-order valence-electron chi connectivity index (χ4n) is 5.47. The summed E-state index contributed by atoms with van der Waals surface area (Å²) in [6.45, 7) is 4.65. The van der Waals surface area contributed by atoms with Crippen molar-refractivity contribution in [3.05, 3.63) is 54.0 Å². The number of benzene rings is 2. The lowest BCUT2D eigenvalue weighted by atomic mass is 10.1. The monoisotopic (exact) mass is 538 g/mol. The molecular weight excluding hydrogens is 508 g/mol. The molecule has 0 spiro atoms. The van der Waals surface area contributed by atoms with Crippen LogP contribution in [0, 0.1) is 6.92 Å². The molecule has 0 unspecified atom stereocenters. The molecule has 7 rings (SSSR count). The van der Waals surface area contributed by atoms with E-state index in [0.717, 1.165) is 59.8 Å². The Morgan fingerprint density at radius 2 is 1.95 bits per heavy atom. The second kappa shape index (κ2) is 9.55. The van der Waals surface area contributed by atoms with Crippen LogP contribution in [0.4, 0.5) is 11.6 Å². The molecule has 2 fully saturated rings. The molecule has 4 heterocycles.